The Morgan fingerprint density at radius 3 is 2.47 bits per heavy atom. The van der Waals surface area contributed by atoms with Crippen LogP contribution in [0.2, 0.25) is 0 Å². The third-order valence-electron chi connectivity index (χ3n) is 2.62. The lowest BCUT2D eigenvalue weighted by atomic mass is 10.1. The molecule has 19 heavy (non-hydrogen) atoms. The van der Waals surface area contributed by atoms with Gasteiger partial charge in [0, 0.05) is 12.6 Å². The molecule has 104 valence electrons. The number of guanidine groups is 1. The maximum Gasteiger partial charge on any atom is 0.191 e. The van der Waals surface area contributed by atoms with E-state index in [0.717, 1.165) is 22.8 Å². The largest absolute Gasteiger partial charge is 0.370 e. The number of aryl methyl sites for hydroxylation is 1. The molecule has 0 unspecified atom stereocenters. The minimum absolute atomic E-state index is 0. The number of aliphatic imine (C=N–C) groups is 1. The average molecular weight is 302 g/mol. The summed E-state index contributed by atoms with van der Waals surface area (Å²) in [7, 11) is 1.98. The molecule has 4 N–H and O–H groups in total. The molecule has 0 aliphatic rings. The summed E-state index contributed by atoms with van der Waals surface area (Å²) in [5.41, 5.74) is 13.5. The van der Waals surface area contributed by atoms with Crippen molar-refractivity contribution in [3.8, 4) is 11.3 Å². The monoisotopic (exact) mass is 301 g/mol. The summed E-state index contributed by atoms with van der Waals surface area (Å²) in [5, 5.41) is 0. The fourth-order valence-corrected chi connectivity index (χ4v) is 1.65. The van der Waals surface area contributed by atoms with Crippen LogP contribution in [-0.2, 0) is 7.05 Å². The first-order chi connectivity index (χ1) is 8.08. The third kappa shape index (κ3) is 3.87. The van der Waals surface area contributed by atoms with Gasteiger partial charge in [0.15, 0.2) is 5.96 Å². The minimum Gasteiger partial charge on any atom is -0.370 e. The van der Waals surface area contributed by atoms with E-state index in [1.165, 1.54) is 0 Å². The van der Waals surface area contributed by atoms with Gasteiger partial charge in [-0.1, -0.05) is 12.1 Å². The normalized spacial score (nSPS) is 9.16. The Balaban J connectivity index is 0.00000162. The summed E-state index contributed by atoms with van der Waals surface area (Å²) in [5.74, 6) is 1.02. The van der Waals surface area contributed by atoms with Crippen molar-refractivity contribution in [3.05, 3.63) is 36.3 Å². The maximum absolute atomic E-state index is 5.36. The van der Waals surface area contributed by atoms with Crippen LogP contribution >= 0.6 is 24.8 Å². The molecule has 0 amide bonds. The summed E-state index contributed by atoms with van der Waals surface area (Å²) >= 11 is 0. The van der Waals surface area contributed by atoms with Crippen molar-refractivity contribution >= 4 is 36.5 Å². The van der Waals surface area contributed by atoms with Crippen molar-refractivity contribution in [2.75, 3.05) is 0 Å². The van der Waals surface area contributed by atoms with Crippen LogP contribution in [0.1, 0.15) is 5.82 Å². The van der Waals surface area contributed by atoms with Gasteiger partial charge in [0.25, 0.3) is 0 Å². The van der Waals surface area contributed by atoms with E-state index in [2.05, 4.69) is 9.98 Å². The molecule has 1 aromatic heterocycles. The van der Waals surface area contributed by atoms with E-state index in [9.17, 15) is 0 Å². The Morgan fingerprint density at radius 2 is 1.95 bits per heavy atom. The van der Waals surface area contributed by atoms with E-state index in [0.29, 0.717) is 0 Å². The van der Waals surface area contributed by atoms with Gasteiger partial charge in [0.2, 0.25) is 0 Å². The molecular weight excluding hydrogens is 285 g/mol. The number of benzene rings is 1. The van der Waals surface area contributed by atoms with E-state index in [-0.39, 0.29) is 30.8 Å². The molecule has 0 bridgehead atoms. The van der Waals surface area contributed by atoms with Crippen molar-refractivity contribution in [3.63, 3.8) is 0 Å². The molecular formula is C12H17Cl2N5. The number of hydrogen-bond acceptors (Lipinski definition) is 2. The van der Waals surface area contributed by atoms with Gasteiger partial charge in [-0.15, -0.1) is 24.8 Å². The van der Waals surface area contributed by atoms with Crippen molar-refractivity contribution in [2.24, 2.45) is 23.5 Å². The molecule has 0 radical (unpaired) electrons. The average Bonchev–Trinajstić information content (AvgIpc) is 2.59. The first-order valence-electron chi connectivity index (χ1n) is 5.26. The summed E-state index contributed by atoms with van der Waals surface area (Å²) in [6.07, 6.45) is 1.84. The second-order valence-corrected chi connectivity index (χ2v) is 3.84. The van der Waals surface area contributed by atoms with E-state index < -0.39 is 0 Å². The Hall–Kier alpha value is -1.72. The Labute approximate surface area is 124 Å². The number of imidazole rings is 1. The minimum atomic E-state index is 0. The molecule has 5 nitrogen and oxygen atoms in total. The number of halogens is 2. The molecule has 7 heteroatoms. The summed E-state index contributed by atoms with van der Waals surface area (Å²) in [6.45, 7) is 1.96. The second kappa shape index (κ2) is 7.01. The van der Waals surface area contributed by atoms with Crippen LogP contribution in [0.5, 0.6) is 0 Å². The molecule has 0 spiro atoms. The number of rotatable bonds is 2. The fourth-order valence-electron chi connectivity index (χ4n) is 1.65. The molecule has 2 aromatic rings. The molecule has 0 atom stereocenters. The van der Waals surface area contributed by atoms with Crippen molar-refractivity contribution in [1.29, 1.82) is 0 Å². The topological polar surface area (TPSA) is 82.2 Å². The maximum atomic E-state index is 5.36. The summed E-state index contributed by atoms with van der Waals surface area (Å²) in [6, 6.07) is 7.70. The predicted octanol–water partition coefficient (Wildman–Crippen LogP) is 2.14. The van der Waals surface area contributed by atoms with Gasteiger partial charge in [0.05, 0.1) is 17.6 Å². The van der Waals surface area contributed by atoms with Crippen LogP contribution in [0.4, 0.5) is 5.69 Å². The highest BCUT2D eigenvalue weighted by Gasteiger charge is 2.05. The lowest BCUT2D eigenvalue weighted by Crippen LogP contribution is -2.21. The molecule has 1 aromatic carbocycles. The van der Waals surface area contributed by atoms with Crippen LogP contribution in [-0.4, -0.2) is 15.5 Å². The summed E-state index contributed by atoms with van der Waals surface area (Å²) in [4.78, 5) is 8.29. The van der Waals surface area contributed by atoms with Gasteiger partial charge in [-0.3, -0.25) is 0 Å². The summed E-state index contributed by atoms with van der Waals surface area (Å²) < 4.78 is 2.02. The fraction of sp³-hybridized carbons (Fsp3) is 0.167. The van der Waals surface area contributed by atoms with Gasteiger partial charge >= 0.3 is 0 Å². The van der Waals surface area contributed by atoms with Crippen molar-refractivity contribution in [2.45, 2.75) is 6.92 Å². The van der Waals surface area contributed by atoms with Gasteiger partial charge in [-0.05, 0) is 19.1 Å². The van der Waals surface area contributed by atoms with Crippen molar-refractivity contribution in [1.82, 2.24) is 9.55 Å². The number of nitrogens with zero attached hydrogens (tertiary/aromatic N) is 3. The Bertz CT molecular complexity index is 573. The first kappa shape index (κ1) is 17.3. The Kier molecular flexibility index (Phi) is 6.38. The molecule has 0 aliphatic heterocycles. The van der Waals surface area contributed by atoms with Gasteiger partial charge in [0.1, 0.15) is 5.82 Å². The lowest BCUT2D eigenvalue weighted by Gasteiger charge is -2.04. The SMILES string of the molecule is Cc1ncc(-c2cccc(N=C(N)N)c2)n1C.Cl.Cl. The first-order valence-corrected chi connectivity index (χ1v) is 5.26. The molecule has 2 rings (SSSR count). The molecule has 0 saturated heterocycles. The smallest absolute Gasteiger partial charge is 0.191 e. The van der Waals surface area contributed by atoms with Crippen molar-refractivity contribution < 1.29 is 0 Å². The van der Waals surface area contributed by atoms with E-state index in [1.54, 1.807) is 0 Å². The van der Waals surface area contributed by atoms with Crippen LogP contribution in [0.15, 0.2) is 35.5 Å². The predicted molar refractivity (Wildman–Crippen MR) is 83.3 cm³/mol. The van der Waals surface area contributed by atoms with Crippen LogP contribution in [0, 0.1) is 6.92 Å². The molecule has 1 heterocycles. The quantitative estimate of drug-likeness (QED) is 0.658. The van der Waals surface area contributed by atoms with Crippen LogP contribution in [0.25, 0.3) is 11.3 Å². The number of aromatic nitrogens is 2. The molecule has 0 aliphatic carbocycles. The van der Waals surface area contributed by atoms with Gasteiger partial charge in [-0.2, -0.15) is 0 Å². The zero-order chi connectivity index (χ0) is 12.4. The van der Waals surface area contributed by atoms with Crippen LogP contribution in [0.3, 0.4) is 0 Å². The lowest BCUT2D eigenvalue weighted by molar-refractivity contribution is 0.865. The van der Waals surface area contributed by atoms with Crippen LogP contribution < -0.4 is 11.5 Å². The highest BCUT2D eigenvalue weighted by molar-refractivity contribution is 5.85. The number of nitrogens with two attached hydrogens (primary N) is 2. The van der Waals surface area contributed by atoms with E-state index >= 15 is 0 Å². The highest BCUT2D eigenvalue weighted by atomic mass is 35.5. The van der Waals surface area contributed by atoms with E-state index in [1.807, 2.05) is 49.0 Å². The van der Waals surface area contributed by atoms with Gasteiger partial charge in [-0.25, -0.2) is 9.98 Å². The second-order valence-electron chi connectivity index (χ2n) is 3.84. The third-order valence-corrected chi connectivity index (χ3v) is 2.62. The number of hydrogen-bond donors (Lipinski definition) is 2. The highest BCUT2D eigenvalue weighted by Crippen LogP contribution is 2.24. The standard InChI is InChI=1S/C12H15N5.2ClH/c1-8-15-7-11(17(8)2)9-4-3-5-10(6-9)16-12(13)14;;/h3-7H,1-2H3,(H4,13,14,16);2*1H. The zero-order valence-electron chi connectivity index (χ0n) is 10.7. The molecule has 0 fully saturated rings. The van der Waals surface area contributed by atoms with E-state index in [4.69, 9.17) is 11.5 Å². The zero-order valence-corrected chi connectivity index (χ0v) is 12.3. The van der Waals surface area contributed by atoms with Gasteiger partial charge < -0.3 is 16.0 Å². The molecule has 0 saturated carbocycles. The Morgan fingerprint density at radius 1 is 1.26 bits per heavy atom.